The molecule has 3 aliphatic rings. The monoisotopic (exact) mass is 343 g/mol. The van der Waals surface area contributed by atoms with Crippen LogP contribution in [0.15, 0.2) is 24.3 Å². The zero-order valence-corrected chi connectivity index (χ0v) is 14.4. The highest BCUT2D eigenvalue weighted by atomic mass is 16.5. The summed E-state index contributed by atoms with van der Waals surface area (Å²) in [6, 6.07) is 7.81. The van der Waals surface area contributed by atoms with E-state index in [-0.39, 0.29) is 29.9 Å². The predicted octanol–water partition coefficient (Wildman–Crippen LogP) is 2.07. The number of rotatable bonds is 3. The third-order valence-corrected chi connectivity index (χ3v) is 5.70. The van der Waals surface area contributed by atoms with Gasteiger partial charge < -0.3 is 10.1 Å². The minimum Gasteiger partial charge on any atom is -0.493 e. The molecule has 0 radical (unpaired) electrons. The molecule has 2 amide bonds. The molecule has 134 valence electrons. The molecule has 1 aliphatic carbocycles. The summed E-state index contributed by atoms with van der Waals surface area (Å²) in [7, 11) is 0. The average molecular weight is 343 g/mol. The van der Waals surface area contributed by atoms with E-state index in [4.69, 9.17) is 4.74 Å². The van der Waals surface area contributed by atoms with E-state index in [2.05, 4.69) is 10.7 Å². The van der Waals surface area contributed by atoms with Crippen molar-refractivity contribution in [3.8, 4) is 5.75 Å². The molecule has 1 aromatic rings. The number of carbonyl (C=O) groups excluding carboxylic acids is 2. The summed E-state index contributed by atoms with van der Waals surface area (Å²) in [5, 5.41) is 5.02. The van der Waals surface area contributed by atoms with Gasteiger partial charge in [0.2, 0.25) is 11.8 Å². The van der Waals surface area contributed by atoms with Crippen LogP contribution in [0.1, 0.15) is 56.6 Å². The molecule has 25 heavy (non-hydrogen) atoms. The number of carbonyl (C=O) groups is 2. The smallest absolute Gasteiger partial charge is 0.236 e. The van der Waals surface area contributed by atoms with E-state index in [9.17, 15) is 9.59 Å². The zero-order valence-electron chi connectivity index (χ0n) is 14.4. The lowest BCUT2D eigenvalue weighted by atomic mass is 9.79. The minimum absolute atomic E-state index is 0.0296. The van der Waals surface area contributed by atoms with Crippen LogP contribution < -0.4 is 15.5 Å². The molecule has 1 spiro atoms. The second kappa shape index (κ2) is 6.67. The molecule has 2 aliphatic heterocycles. The van der Waals surface area contributed by atoms with Crippen molar-refractivity contribution < 1.29 is 14.3 Å². The highest BCUT2D eigenvalue weighted by Crippen LogP contribution is 2.38. The second-order valence-electron chi connectivity index (χ2n) is 7.38. The number of hydrogen-bond donors (Lipinski definition) is 2. The molecule has 0 aromatic heterocycles. The SMILES string of the molecule is O=C(CN1NC(=O)CC12CCCCC2)NC1CCOc2ccccc21. The van der Waals surface area contributed by atoms with Crippen LogP contribution in [-0.2, 0) is 9.59 Å². The zero-order chi connectivity index (χ0) is 17.3. The van der Waals surface area contributed by atoms with Crippen molar-refractivity contribution in [2.24, 2.45) is 0 Å². The van der Waals surface area contributed by atoms with Crippen molar-refractivity contribution in [1.29, 1.82) is 0 Å². The Balaban J connectivity index is 1.43. The van der Waals surface area contributed by atoms with Gasteiger partial charge >= 0.3 is 0 Å². The number of nitrogens with one attached hydrogen (secondary N) is 2. The molecule has 6 heteroatoms. The van der Waals surface area contributed by atoms with Gasteiger partial charge in [-0.15, -0.1) is 0 Å². The lowest BCUT2D eigenvalue weighted by Gasteiger charge is -2.39. The first-order valence-corrected chi connectivity index (χ1v) is 9.25. The van der Waals surface area contributed by atoms with Crippen molar-refractivity contribution in [1.82, 2.24) is 15.8 Å². The fraction of sp³-hybridized carbons (Fsp3) is 0.579. The Labute approximate surface area is 147 Å². The number of nitrogens with zero attached hydrogens (tertiary/aromatic N) is 1. The molecule has 6 nitrogen and oxygen atoms in total. The number of hydrogen-bond acceptors (Lipinski definition) is 4. The van der Waals surface area contributed by atoms with Gasteiger partial charge in [0.15, 0.2) is 0 Å². The second-order valence-corrected chi connectivity index (χ2v) is 7.38. The third kappa shape index (κ3) is 3.23. The third-order valence-electron chi connectivity index (χ3n) is 5.70. The molecule has 2 heterocycles. The fourth-order valence-corrected chi connectivity index (χ4v) is 4.44. The van der Waals surface area contributed by atoms with Gasteiger partial charge in [0.05, 0.1) is 19.2 Å². The largest absolute Gasteiger partial charge is 0.493 e. The normalized spacial score (nSPS) is 25.1. The van der Waals surface area contributed by atoms with Crippen LogP contribution in [0.4, 0.5) is 0 Å². The Morgan fingerprint density at radius 2 is 2.08 bits per heavy atom. The maximum atomic E-state index is 12.7. The lowest BCUT2D eigenvalue weighted by Crippen LogP contribution is -2.53. The quantitative estimate of drug-likeness (QED) is 0.881. The minimum atomic E-state index is -0.166. The Kier molecular flexibility index (Phi) is 4.37. The molecule has 4 rings (SSSR count). The molecule has 1 atom stereocenters. The molecule has 1 unspecified atom stereocenters. The molecule has 1 saturated heterocycles. The van der Waals surface area contributed by atoms with Crippen molar-refractivity contribution in [3.63, 3.8) is 0 Å². The lowest BCUT2D eigenvalue weighted by molar-refractivity contribution is -0.126. The number of hydrazine groups is 1. The molecule has 1 aromatic carbocycles. The highest BCUT2D eigenvalue weighted by molar-refractivity contribution is 5.82. The van der Waals surface area contributed by atoms with E-state index >= 15 is 0 Å². The van der Waals surface area contributed by atoms with Gasteiger partial charge in [-0.05, 0) is 18.9 Å². The van der Waals surface area contributed by atoms with Crippen molar-refractivity contribution >= 4 is 11.8 Å². The summed E-state index contributed by atoms with van der Waals surface area (Å²) in [5.74, 6) is 0.831. The van der Waals surface area contributed by atoms with Gasteiger partial charge in [-0.1, -0.05) is 37.5 Å². The standard InChI is InChI=1S/C19H25N3O3/c23-17-12-19(9-4-1-5-10-19)22(21-17)13-18(24)20-15-8-11-25-16-7-3-2-6-14(15)16/h2-3,6-7,15H,1,4-5,8-13H2,(H,20,24)(H,21,23). The van der Waals surface area contributed by atoms with Crippen LogP contribution in [0.2, 0.25) is 0 Å². The molecule has 2 N–H and O–H groups in total. The van der Waals surface area contributed by atoms with Gasteiger partial charge in [-0.25, -0.2) is 5.01 Å². The van der Waals surface area contributed by atoms with Crippen molar-refractivity contribution in [2.45, 2.75) is 56.5 Å². The van der Waals surface area contributed by atoms with Gasteiger partial charge in [0, 0.05) is 23.9 Å². The first-order chi connectivity index (χ1) is 12.2. The summed E-state index contributed by atoms with van der Waals surface area (Å²) in [6.07, 6.45) is 6.72. The summed E-state index contributed by atoms with van der Waals surface area (Å²) in [5.41, 5.74) is 3.77. The van der Waals surface area contributed by atoms with Gasteiger partial charge in [-0.3, -0.25) is 15.0 Å². The van der Waals surface area contributed by atoms with Gasteiger partial charge in [0.25, 0.3) is 0 Å². The number of para-hydroxylation sites is 1. The molecular formula is C19H25N3O3. The van der Waals surface area contributed by atoms with Crippen LogP contribution in [0.5, 0.6) is 5.75 Å². The maximum Gasteiger partial charge on any atom is 0.236 e. The van der Waals surface area contributed by atoms with Crippen LogP contribution in [0, 0.1) is 0 Å². The summed E-state index contributed by atoms with van der Waals surface area (Å²) >= 11 is 0. The molecule has 0 bridgehead atoms. The molecule has 1 saturated carbocycles. The Bertz CT molecular complexity index is 670. The molecular weight excluding hydrogens is 318 g/mol. The number of fused-ring (bicyclic) bond motifs is 1. The van der Waals surface area contributed by atoms with Crippen LogP contribution in [0.3, 0.4) is 0 Å². The molecule has 2 fully saturated rings. The predicted molar refractivity (Wildman–Crippen MR) is 92.7 cm³/mol. The Hall–Kier alpha value is -2.08. The maximum absolute atomic E-state index is 12.7. The first-order valence-electron chi connectivity index (χ1n) is 9.25. The Morgan fingerprint density at radius 3 is 2.92 bits per heavy atom. The summed E-state index contributed by atoms with van der Waals surface area (Å²) in [4.78, 5) is 24.6. The summed E-state index contributed by atoms with van der Waals surface area (Å²) < 4.78 is 5.65. The number of benzene rings is 1. The number of ether oxygens (including phenoxy) is 1. The Morgan fingerprint density at radius 1 is 1.28 bits per heavy atom. The van der Waals surface area contributed by atoms with E-state index in [1.807, 2.05) is 29.3 Å². The van der Waals surface area contributed by atoms with Crippen molar-refractivity contribution in [2.75, 3.05) is 13.2 Å². The van der Waals surface area contributed by atoms with Crippen LogP contribution >= 0.6 is 0 Å². The van der Waals surface area contributed by atoms with Gasteiger partial charge in [0.1, 0.15) is 5.75 Å². The highest BCUT2D eigenvalue weighted by Gasteiger charge is 2.46. The first kappa shape index (κ1) is 16.4. The van der Waals surface area contributed by atoms with E-state index in [0.29, 0.717) is 13.0 Å². The van der Waals surface area contributed by atoms with E-state index < -0.39 is 0 Å². The van der Waals surface area contributed by atoms with Crippen LogP contribution in [0.25, 0.3) is 0 Å². The van der Waals surface area contributed by atoms with Crippen molar-refractivity contribution in [3.05, 3.63) is 29.8 Å². The van der Waals surface area contributed by atoms with E-state index in [1.165, 1.54) is 6.42 Å². The van der Waals surface area contributed by atoms with Gasteiger partial charge in [-0.2, -0.15) is 0 Å². The number of amides is 2. The average Bonchev–Trinajstić information content (AvgIpc) is 2.90. The fourth-order valence-electron chi connectivity index (χ4n) is 4.44. The van der Waals surface area contributed by atoms with Crippen LogP contribution in [-0.4, -0.2) is 35.5 Å². The van der Waals surface area contributed by atoms with E-state index in [1.54, 1.807) is 0 Å². The topological polar surface area (TPSA) is 70.7 Å². The van der Waals surface area contributed by atoms with E-state index in [0.717, 1.165) is 43.4 Å². The summed E-state index contributed by atoms with van der Waals surface area (Å²) in [6.45, 7) is 0.817.